The molecule has 0 aliphatic rings. The Balaban J connectivity index is 1.51. The molecule has 9 heteroatoms. The number of rotatable bonds is 9. The predicted molar refractivity (Wildman–Crippen MR) is 173 cm³/mol. The lowest BCUT2D eigenvalue weighted by Gasteiger charge is -2.16. The summed E-state index contributed by atoms with van der Waals surface area (Å²) in [6, 6.07) is 26.5. The molecule has 4 rings (SSSR count). The van der Waals surface area contributed by atoms with Crippen LogP contribution in [0.15, 0.2) is 102 Å². The van der Waals surface area contributed by atoms with Crippen molar-refractivity contribution in [3.63, 3.8) is 0 Å². The molecule has 0 aromatic heterocycles. The summed E-state index contributed by atoms with van der Waals surface area (Å²) >= 11 is 13.7. The molecule has 4 aromatic rings. The van der Waals surface area contributed by atoms with Crippen LogP contribution in [0.4, 0.5) is 11.4 Å². The van der Waals surface area contributed by atoms with Gasteiger partial charge < -0.3 is 16.0 Å². The van der Waals surface area contributed by atoms with Crippen molar-refractivity contribution in [1.82, 2.24) is 5.32 Å². The molecular weight excluding hydrogens is 589 g/mol. The summed E-state index contributed by atoms with van der Waals surface area (Å²) < 4.78 is 0. The first-order chi connectivity index (χ1) is 20.1. The van der Waals surface area contributed by atoms with Gasteiger partial charge in [-0.3, -0.25) is 14.4 Å². The van der Waals surface area contributed by atoms with E-state index in [2.05, 4.69) is 16.0 Å². The van der Waals surface area contributed by atoms with E-state index >= 15 is 0 Å². The molecule has 42 heavy (non-hydrogen) atoms. The fourth-order valence-electron chi connectivity index (χ4n) is 4.06. The SMILES string of the molecule is Cc1cccc(C)c1NC(=O)C(C)Sc1cccc(NC(=O)/C(=C\c2ccc(Cl)cc2Cl)NC(=O)c2ccccc2)c1. The number of carbonyl (C=O) groups excluding carboxylic acids is 3. The minimum atomic E-state index is -0.548. The predicted octanol–water partition coefficient (Wildman–Crippen LogP) is 8.14. The van der Waals surface area contributed by atoms with E-state index in [9.17, 15) is 14.4 Å². The second-order valence-corrected chi connectivity index (χ2v) is 11.8. The lowest BCUT2D eigenvalue weighted by Crippen LogP contribution is -2.30. The van der Waals surface area contributed by atoms with Crippen LogP contribution in [0.1, 0.15) is 34.0 Å². The first-order valence-corrected chi connectivity index (χ1v) is 14.7. The highest BCUT2D eigenvalue weighted by atomic mass is 35.5. The number of halogens is 2. The van der Waals surface area contributed by atoms with Crippen LogP contribution in [0, 0.1) is 13.8 Å². The summed E-state index contributed by atoms with van der Waals surface area (Å²) in [7, 11) is 0. The normalized spacial score (nSPS) is 11.9. The van der Waals surface area contributed by atoms with Gasteiger partial charge in [0.1, 0.15) is 5.70 Å². The average molecular weight is 619 g/mol. The first kappa shape index (κ1) is 30.9. The minimum absolute atomic E-state index is 0.00696. The van der Waals surface area contributed by atoms with Gasteiger partial charge in [-0.05, 0) is 86.0 Å². The van der Waals surface area contributed by atoms with Crippen LogP contribution in [0.3, 0.4) is 0 Å². The monoisotopic (exact) mass is 617 g/mol. The summed E-state index contributed by atoms with van der Waals surface area (Å²) in [5.74, 6) is -1.12. The number of hydrogen-bond acceptors (Lipinski definition) is 4. The van der Waals surface area contributed by atoms with Crippen LogP contribution in [0.2, 0.25) is 10.0 Å². The van der Waals surface area contributed by atoms with Gasteiger partial charge in [-0.15, -0.1) is 11.8 Å². The number of hydrogen-bond donors (Lipinski definition) is 3. The van der Waals surface area contributed by atoms with Crippen LogP contribution in [-0.4, -0.2) is 23.0 Å². The van der Waals surface area contributed by atoms with Crippen molar-refractivity contribution < 1.29 is 14.4 Å². The van der Waals surface area contributed by atoms with E-state index in [4.69, 9.17) is 23.2 Å². The number of amides is 3. The zero-order valence-corrected chi connectivity index (χ0v) is 25.5. The molecule has 1 unspecified atom stereocenters. The second kappa shape index (κ2) is 14.2. The van der Waals surface area contributed by atoms with Crippen molar-refractivity contribution in [2.45, 2.75) is 30.9 Å². The van der Waals surface area contributed by atoms with Crippen LogP contribution < -0.4 is 16.0 Å². The molecule has 0 spiro atoms. The maximum Gasteiger partial charge on any atom is 0.272 e. The number of para-hydroxylation sites is 1. The molecule has 4 aromatic carbocycles. The highest BCUT2D eigenvalue weighted by Gasteiger charge is 2.18. The van der Waals surface area contributed by atoms with E-state index in [-0.39, 0.29) is 11.6 Å². The van der Waals surface area contributed by atoms with Gasteiger partial charge in [0, 0.05) is 31.9 Å². The van der Waals surface area contributed by atoms with Gasteiger partial charge >= 0.3 is 0 Å². The third-order valence-electron chi connectivity index (χ3n) is 6.29. The van der Waals surface area contributed by atoms with Crippen molar-refractivity contribution in [3.8, 4) is 0 Å². The fraction of sp³-hybridized carbons (Fsp3) is 0.121. The van der Waals surface area contributed by atoms with Gasteiger partial charge in [0.05, 0.1) is 5.25 Å². The maximum atomic E-state index is 13.4. The van der Waals surface area contributed by atoms with Crippen molar-refractivity contribution in [1.29, 1.82) is 0 Å². The molecule has 0 saturated heterocycles. The average Bonchev–Trinajstić information content (AvgIpc) is 2.96. The number of anilines is 2. The third kappa shape index (κ3) is 8.26. The van der Waals surface area contributed by atoms with Gasteiger partial charge in [-0.1, -0.05) is 71.7 Å². The second-order valence-electron chi connectivity index (χ2n) is 9.54. The Labute approximate surface area is 259 Å². The Morgan fingerprint density at radius 2 is 1.50 bits per heavy atom. The Hall–Kier alpha value is -4.04. The lowest BCUT2D eigenvalue weighted by molar-refractivity contribution is -0.115. The zero-order valence-electron chi connectivity index (χ0n) is 23.2. The van der Waals surface area contributed by atoms with Crippen molar-refractivity contribution >= 4 is 70.1 Å². The van der Waals surface area contributed by atoms with E-state index in [0.29, 0.717) is 26.9 Å². The van der Waals surface area contributed by atoms with E-state index in [0.717, 1.165) is 21.7 Å². The molecule has 0 bridgehead atoms. The Bertz CT molecular complexity index is 1640. The summed E-state index contributed by atoms with van der Waals surface area (Å²) in [6.45, 7) is 5.74. The van der Waals surface area contributed by atoms with E-state index in [1.807, 2.05) is 45.0 Å². The van der Waals surface area contributed by atoms with E-state index < -0.39 is 17.1 Å². The molecule has 0 fully saturated rings. The highest BCUT2D eigenvalue weighted by molar-refractivity contribution is 8.00. The summed E-state index contributed by atoms with van der Waals surface area (Å²) in [5, 5.41) is 8.94. The molecule has 0 radical (unpaired) electrons. The van der Waals surface area contributed by atoms with Gasteiger partial charge in [0.15, 0.2) is 0 Å². The molecule has 3 amide bonds. The quantitative estimate of drug-likeness (QED) is 0.131. The largest absolute Gasteiger partial charge is 0.325 e. The highest BCUT2D eigenvalue weighted by Crippen LogP contribution is 2.28. The van der Waals surface area contributed by atoms with Gasteiger partial charge in [-0.25, -0.2) is 0 Å². The Morgan fingerprint density at radius 3 is 2.19 bits per heavy atom. The Kier molecular flexibility index (Phi) is 10.5. The number of nitrogens with one attached hydrogen (secondary N) is 3. The molecule has 6 nitrogen and oxygen atoms in total. The van der Waals surface area contributed by atoms with Gasteiger partial charge in [-0.2, -0.15) is 0 Å². The minimum Gasteiger partial charge on any atom is -0.325 e. The van der Waals surface area contributed by atoms with Crippen LogP contribution >= 0.6 is 35.0 Å². The first-order valence-electron chi connectivity index (χ1n) is 13.1. The topological polar surface area (TPSA) is 87.3 Å². The van der Waals surface area contributed by atoms with Gasteiger partial charge in [0.2, 0.25) is 5.91 Å². The van der Waals surface area contributed by atoms with Crippen molar-refractivity contribution in [2.24, 2.45) is 0 Å². The van der Waals surface area contributed by atoms with E-state index in [1.54, 1.807) is 66.7 Å². The molecule has 1 atom stereocenters. The maximum absolute atomic E-state index is 13.4. The molecule has 0 saturated carbocycles. The summed E-state index contributed by atoms with van der Waals surface area (Å²) in [6.07, 6.45) is 1.49. The summed E-state index contributed by atoms with van der Waals surface area (Å²) in [4.78, 5) is 40.1. The molecule has 0 heterocycles. The molecule has 0 aliphatic heterocycles. The molecule has 0 aliphatic carbocycles. The van der Waals surface area contributed by atoms with Crippen molar-refractivity contribution in [2.75, 3.05) is 10.6 Å². The van der Waals surface area contributed by atoms with E-state index in [1.165, 1.54) is 17.8 Å². The fourth-order valence-corrected chi connectivity index (χ4v) is 5.45. The Morgan fingerprint density at radius 1 is 0.810 bits per heavy atom. The lowest BCUT2D eigenvalue weighted by atomic mass is 10.1. The molecular formula is C33H29Cl2N3O3S. The van der Waals surface area contributed by atoms with Crippen LogP contribution in [0.5, 0.6) is 0 Å². The number of carbonyl (C=O) groups is 3. The van der Waals surface area contributed by atoms with Crippen molar-refractivity contribution in [3.05, 3.63) is 129 Å². The number of thioether (sulfide) groups is 1. The third-order valence-corrected chi connectivity index (χ3v) is 7.95. The van der Waals surface area contributed by atoms with Crippen LogP contribution in [0.25, 0.3) is 6.08 Å². The zero-order chi connectivity index (χ0) is 30.2. The molecule has 214 valence electrons. The smallest absolute Gasteiger partial charge is 0.272 e. The van der Waals surface area contributed by atoms with Crippen LogP contribution in [-0.2, 0) is 9.59 Å². The summed E-state index contributed by atoms with van der Waals surface area (Å²) in [5.41, 5.74) is 4.19. The van der Waals surface area contributed by atoms with Gasteiger partial charge in [0.25, 0.3) is 11.8 Å². The molecule has 3 N–H and O–H groups in total. The standard InChI is InChI=1S/C33H29Cl2N3O3S/c1-20-9-7-10-21(2)30(20)38-31(39)22(3)42-27-14-8-13-26(19-27)36-33(41)29(17-24-15-16-25(34)18-28(24)35)37-32(40)23-11-5-4-6-12-23/h4-19,22H,1-3H3,(H,36,41)(H,37,40)(H,38,39)/b29-17+. The number of aryl methyl sites for hydroxylation is 2. The number of benzene rings is 4.